The fourth-order valence-electron chi connectivity index (χ4n) is 1.68. The highest BCUT2D eigenvalue weighted by Crippen LogP contribution is 2.22. The molecular formula is C12H22O2. The maximum atomic E-state index is 5.93. The highest BCUT2D eigenvalue weighted by molar-refractivity contribution is 4.73. The summed E-state index contributed by atoms with van der Waals surface area (Å²) >= 11 is 0. The van der Waals surface area contributed by atoms with Gasteiger partial charge >= 0.3 is 0 Å². The molecule has 0 spiro atoms. The van der Waals surface area contributed by atoms with Crippen molar-refractivity contribution in [2.45, 2.75) is 45.8 Å². The van der Waals surface area contributed by atoms with Gasteiger partial charge < -0.3 is 9.47 Å². The zero-order valence-electron chi connectivity index (χ0n) is 9.37. The van der Waals surface area contributed by atoms with Gasteiger partial charge in [-0.15, -0.1) is 0 Å². The Labute approximate surface area is 88.0 Å². The maximum absolute atomic E-state index is 5.93. The second-order valence-corrected chi connectivity index (χ2v) is 4.07. The van der Waals surface area contributed by atoms with Crippen LogP contribution in [0.3, 0.4) is 0 Å². The lowest BCUT2D eigenvalue weighted by Crippen LogP contribution is -2.35. The number of ether oxygens (including phenoxy) is 2. The molecule has 0 aromatic carbocycles. The molecule has 0 aromatic rings. The highest BCUT2D eigenvalue weighted by atomic mass is 16.7. The quantitative estimate of drug-likeness (QED) is 0.676. The molecule has 0 aromatic heterocycles. The van der Waals surface area contributed by atoms with Crippen molar-refractivity contribution < 1.29 is 9.47 Å². The molecule has 0 aliphatic carbocycles. The Balaban J connectivity index is 2.17. The molecule has 1 aliphatic rings. The Hall–Kier alpha value is -0.0800. The minimum atomic E-state index is 0.0234. The fraction of sp³-hybridized carbons (Fsp3) is 0.917. The van der Waals surface area contributed by atoms with E-state index in [0.717, 1.165) is 26.1 Å². The lowest BCUT2D eigenvalue weighted by molar-refractivity contribution is -0.208. The summed E-state index contributed by atoms with van der Waals surface area (Å²) in [5.41, 5.74) is 0. The summed E-state index contributed by atoms with van der Waals surface area (Å²) in [7, 11) is 0. The minimum absolute atomic E-state index is 0.0234. The summed E-state index contributed by atoms with van der Waals surface area (Å²) in [5.74, 6) is 0.611. The predicted octanol–water partition coefficient (Wildman–Crippen LogP) is 2.90. The Morgan fingerprint density at radius 1 is 1.29 bits per heavy atom. The van der Waals surface area contributed by atoms with Crippen LogP contribution in [0.4, 0.5) is 0 Å². The summed E-state index contributed by atoms with van der Waals surface area (Å²) in [6, 6.07) is 0. The third kappa shape index (κ3) is 3.58. The molecule has 2 nitrogen and oxygen atoms in total. The molecule has 1 unspecified atom stereocenters. The molecule has 0 amide bonds. The number of hydrogen-bond donors (Lipinski definition) is 0. The van der Waals surface area contributed by atoms with Gasteiger partial charge in [0.1, 0.15) is 0 Å². The van der Waals surface area contributed by atoms with Gasteiger partial charge in [-0.3, -0.25) is 0 Å². The van der Waals surface area contributed by atoms with E-state index in [-0.39, 0.29) is 12.2 Å². The van der Waals surface area contributed by atoms with E-state index in [0.29, 0.717) is 5.92 Å². The van der Waals surface area contributed by atoms with Gasteiger partial charge in [-0.25, -0.2) is 0 Å². The molecule has 2 heteroatoms. The van der Waals surface area contributed by atoms with Gasteiger partial charge in [0.25, 0.3) is 0 Å². The first-order valence-electron chi connectivity index (χ1n) is 5.76. The van der Waals surface area contributed by atoms with Gasteiger partial charge in [-0.05, 0) is 25.7 Å². The minimum Gasteiger partial charge on any atom is -0.352 e. The van der Waals surface area contributed by atoms with E-state index in [1.807, 2.05) is 0 Å². The molecule has 1 fully saturated rings. The third-order valence-electron chi connectivity index (χ3n) is 2.86. The molecule has 0 N–H and O–H groups in total. The zero-order chi connectivity index (χ0) is 10.4. The number of hydrogen-bond acceptors (Lipinski definition) is 2. The van der Waals surface area contributed by atoms with Crippen LogP contribution < -0.4 is 0 Å². The zero-order valence-corrected chi connectivity index (χ0v) is 9.37. The van der Waals surface area contributed by atoms with Gasteiger partial charge in [0.2, 0.25) is 0 Å². The standard InChI is InChI=1S/C12H22O2/c1-4-6-7-12-13-8-11(9-14-12)10(3)5-2/h3,10-12H,4-9H2,1-2H3. The Bertz CT molecular complexity index is 139. The van der Waals surface area contributed by atoms with Crippen LogP contribution in [-0.2, 0) is 9.47 Å². The molecular weight excluding hydrogens is 176 g/mol. The average molecular weight is 198 g/mol. The molecule has 0 saturated carbocycles. The SMILES string of the molecule is [CH]C(CC)C1COC(CCCC)OC1. The first-order chi connectivity index (χ1) is 6.77. The van der Waals surface area contributed by atoms with Crippen LogP contribution in [0.5, 0.6) is 0 Å². The van der Waals surface area contributed by atoms with Crippen molar-refractivity contribution >= 4 is 0 Å². The van der Waals surface area contributed by atoms with Crippen molar-refractivity contribution in [3.63, 3.8) is 0 Å². The summed E-state index contributed by atoms with van der Waals surface area (Å²) < 4.78 is 11.2. The predicted molar refractivity (Wildman–Crippen MR) is 56.8 cm³/mol. The second kappa shape index (κ2) is 6.41. The molecule has 1 atom stereocenters. The van der Waals surface area contributed by atoms with E-state index < -0.39 is 0 Å². The Morgan fingerprint density at radius 2 is 1.93 bits per heavy atom. The van der Waals surface area contributed by atoms with Crippen molar-refractivity contribution in [3.8, 4) is 0 Å². The van der Waals surface area contributed by atoms with Crippen molar-refractivity contribution in [1.29, 1.82) is 0 Å². The largest absolute Gasteiger partial charge is 0.352 e. The Kier molecular flexibility index (Phi) is 5.49. The normalized spacial score (nSPS) is 30.2. The Morgan fingerprint density at radius 3 is 2.43 bits per heavy atom. The molecule has 82 valence electrons. The van der Waals surface area contributed by atoms with Gasteiger partial charge in [0, 0.05) is 5.92 Å². The van der Waals surface area contributed by atoms with Gasteiger partial charge in [-0.2, -0.15) is 0 Å². The van der Waals surface area contributed by atoms with Crippen molar-refractivity contribution in [2.75, 3.05) is 13.2 Å². The third-order valence-corrected chi connectivity index (χ3v) is 2.86. The first kappa shape index (κ1) is 12.0. The lowest BCUT2D eigenvalue weighted by Gasteiger charge is -2.32. The lowest BCUT2D eigenvalue weighted by atomic mass is 9.93. The molecule has 1 aliphatic heterocycles. The highest BCUT2D eigenvalue weighted by Gasteiger charge is 2.25. The summed E-state index contributed by atoms with van der Waals surface area (Å²) in [6.45, 7) is 11.8. The van der Waals surface area contributed by atoms with Crippen LogP contribution in [0.2, 0.25) is 0 Å². The van der Waals surface area contributed by atoms with Crippen LogP contribution in [0.25, 0.3) is 0 Å². The van der Waals surface area contributed by atoms with Crippen molar-refractivity contribution in [1.82, 2.24) is 0 Å². The smallest absolute Gasteiger partial charge is 0.157 e. The summed E-state index contributed by atoms with van der Waals surface area (Å²) in [6.07, 6.45) is 4.41. The van der Waals surface area contributed by atoms with E-state index >= 15 is 0 Å². The molecule has 1 saturated heterocycles. The summed E-state index contributed by atoms with van der Waals surface area (Å²) in [4.78, 5) is 0. The molecule has 1 heterocycles. The fourth-order valence-corrected chi connectivity index (χ4v) is 1.68. The molecule has 0 bridgehead atoms. The monoisotopic (exact) mass is 198 g/mol. The summed E-state index contributed by atoms with van der Waals surface area (Å²) in [5, 5.41) is 0. The van der Waals surface area contributed by atoms with E-state index in [2.05, 4.69) is 13.8 Å². The number of rotatable bonds is 5. The maximum Gasteiger partial charge on any atom is 0.157 e. The molecule has 2 radical (unpaired) electrons. The van der Waals surface area contributed by atoms with Crippen LogP contribution in [0, 0.1) is 18.8 Å². The van der Waals surface area contributed by atoms with E-state index in [9.17, 15) is 0 Å². The van der Waals surface area contributed by atoms with E-state index in [4.69, 9.17) is 16.4 Å². The first-order valence-corrected chi connectivity index (χ1v) is 5.76. The van der Waals surface area contributed by atoms with Crippen molar-refractivity contribution in [2.24, 2.45) is 11.8 Å². The molecule has 1 rings (SSSR count). The van der Waals surface area contributed by atoms with Gasteiger partial charge in [0.05, 0.1) is 13.2 Å². The van der Waals surface area contributed by atoms with Crippen LogP contribution in [0.15, 0.2) is 0 Å². The van der Waals surface area contributed by atoms with E-state index in [1.165, 1.54) is 12.8 Å². The average Bonchev–Trinajstić information content (AvgIpc) is 2.26. The van der Waals surface area contributed by atoms with Crippen LogP contribution >= 0.6 is 0 Å². The van der Waals surface area contributed by atoms with Crippen molar-refractivity contribution in [3.05, 3.63) is 6.92 Å². The van der Waals surface area contributed by atoms with Crippen LogP contribution in [0.1, 0.15) is 39.5 Å². The van der Waals surface area contributed by atoms with Gasteiger partial charge in [-0.1, -0.05) is 26.7 Å². The van der Waals surface area contributed by atoms with E-state index in [1.54, 1.807) is 0 Å². The van der Waals surface area contributed by atoms with Crippen LogP contribution in [-0.4, -0.2) is 19.5 Å². The van der Waals surface area contributed by atoms with Gasteiger partial charge in [0.15, 0.2) is 6.29 Å². The molecule has 14 heavy (non-hydrogen) atoms. The topological polar surface area (TPSA) is 18.5 Å². The second-order valence-electron chi connectivity index (χ2n) is 4.07. The number of unbranched alkanes of at least 4 members (excludes halogenated alkanes) is 1.